The molecule has 0 aliphatic rings. The van der Waals surface area contributed by atoms with Gasteiger partial charge < -0.3 is 11.1 Å². The molecule has 0 unspecified atom stereocenters. The maximum Gasteiger partial charge on any atom is 0.220 e. The average Bonchev–Trinajstić information content (AvgIpc) is 2.81. The van der Waals surface area contributed by atoms with Crippen molar-refractivity contribution in [2.75, 3.05) is 5.73 Å². The number of hydrogen-bond donors (Lipinski definition) is 3. The number of rotatable bonds is 5. The molecule has 4 N–H and O–H groups in total. The third kappa shape index (κ3) is 3.58. The molecule has 0 bridgehead atoms. The summed E-state index contributed by atoms with van der Waals surface area (Å²) in [6.07, 6.45) is 2.85. The highest BCUT2D eigenvalue weighted by molar-refractivity contribution is 5.76. The van der Waals surface area contributed by atoms with E-state index in [0.717, 1.165) is 12.0 Å². The van der Waals surface area contributed by atoms with Crippen molar-refractivity contribution < 1.29 is 4.79 Å². The van der Waals surface area contributed by atoms with Crippen molar-refractivity contribution in [1.82, 2.24) is 15.5 Å². The Kier molecular flexibility index (Phi) is 4.18. The van der Waals surface area contributed by atoms with Crippen LogP contribution in [0, 0.1) is 6.92 Å². The smallest absolute Gasteiger partial charge is 0.220 e. The summed E-state index contributed by atoms with van der Waals surface area (Å²) in [7, 11) is 0. The number of aryl methyl sites for hydroxylation is 2. The lowest BCUT2D eigenvalue weighted by Crippen LogP contribution is -2.23. The molecule has 0 radical (unpaired) electrons. The second-order valence-electron chi connectivity index (χ2n) is 4.51. The number of aromatic nitrogens is 2. The van der Waals surface area contributed by atoms with E-state index in [4.69, 9.17) is 5.73 Å². The first kappa shape index (κ1) is 13.1. The Morgan fingerprint density at radius 3 is 2.84 bits per heavy atom. The van der Waals surface area contributed by atoms with Crippen molar-refractivity contribution in [1.29, 1.82) is 0 Å². The molecule has 2 rings (SSSR count). The minimum absolute atomic E-state index is 0.0175. The van der Waals surface area contributed by atoms with E-state index in [1.807, 2.05) is 12.1 Å². The SMILES string of the molecule is Cc1ccccc1CCC(=O)NCc1cn[nH]c1N. The van der Waals surface area contributed by atoms with Crippen LogP contribution in [0.4, 0.5) is 5.82 Å². The van der Waals surface area contributed by atoms with Gasteiger partial charge in [-0.05, 0) is 24.5 Å². The topological polar surface area (TPSA) is 83.8 Å². The zero-order chi connectivity index (χ0) is 13.7. The van der Waals surface area contributed by atoms with Crippen LogP contribution < -0.4 is 11.1 Å². The quantitative estimate of drug-likeness (QED) is 0.760. The monoisotopic (exact) mass is 258 g/mol. The van der Waals surface area contributed by atoms with Gasteiger partial charge in [-0.25, -0.2) is 0 Å². The third-order valence-electron chi connectivity index (χ3n) is 3.11. The van der Waals surface area contributed by atoms with Crippen LogP contribution >= 0.6 is 0 Å². The van der Waals surface area contributed by atoms with Gasteiger partial charge in [0.05, 0.1) is 6.20 Å². The molecular formula is C14H18N4O. The van der Waals surface area contributed by atoms with Crippen LogP contribution in [0.1, 0.15) is 23.1 Å². The van der Waals surface area contributed by atoms with Crippen LogP contribution in [0.15, 0.2) is 30.5 Å². The standard InChI is InChI=1S/C14H18N4O/c1-10-4-2-3-5-11(10)6-7-13(19)16-8-12-9-17-18-14(12)15/h2-5,9H,6-8H2,1H3,(H,16,19)(H3,15,17,18). The fraction of sp³-hybridized carbons (Fsp3) is 0.286. The molecule has 5 heteroatoms. The van der Waals surface area contributed by atoms with Crippen LogP contribution in [-0.4, -0.2) is 16.1 Å². The highest BCUT2D eigenvalue weighted by Gasteiger charge is 2.06. The molecule has 0 spiro atoms. The zero-order valence-corrected chi connectivity index (χ0v) is 10.9. The molecule has 2 aromatic rings. The van der Waals surface area contributed by atoms with Crippen LogP contribution in [0.5, 0.6) is 0 Å². The van der Waals surface area contributed by atoms with Gasteiger partial charge in [0, 0.05) is 18.5 Å². The average molecular weight is 258 g/mol. The largest absolute Gasteiger partial charge is 0.384 e. The molecular weight excluding hydrogens is 240 g/mol. The number of carbonyl (C=O) groups excluding carboxylic acids is 1. The molecule has 0 saturated carbocycles. The molecule has 1 aromatic heterocycles. The Morgan fingerprint density at radius 1 is 1.37 bits per heavy atom. The minimum atomic E-state index is 0.0175. The van der Waals surface area contributed by atoms with Crippen molar-refractivity contribution in [2.24, 2.45) is 0 Å². The van der Waals surface area contributed by atoms with Gasteiger partial charge in [0.15, 0.2) is 0 Å². The predicted octanol–water partition coefficient (Wildman–Crippen LogP) is 1.55. The number of amides is 1. The molecule has 100 valence electrons. The van der Waals surface area contributed by atoms with Crippen LogP contribution in [0.25, 0.3) is 0 Å². The predicted molar refractivity (Wildman–Crippen MR) is 74.3 cm³/mol. The summed E-state index contributed by atoms with van der Waals surface area (Å²) in [4.78, 5) is 11.8. The first-order valence-corrected chi connectivity index (χ1v) is 6.25. The summed E-state index contributed by atoms with van der Waals surface area (Å²) in [6.45, 7) is 2.47. The number of H-pyrrole nitrogens is 1. The van der Waals surface area contributed by atoms with Gasteiger partial charge in [-0.3, -0.25) is 9.89 Å². The number of nitrogen functional groups attached to an aromatic ring is 1. The number of nitrogens with zero attached hydrogens (tertiary/aromatic N) is 1. The van der Waals surface area contributed by atoms with Crippen molar-refractivity contribution in [3.8, 4) is 0 Å². The fourth-order valence-corrected chi connectivity index (χ4v) is 1.88. The summed E-state index contributed by atoms with van der Waals surface area (Å²) < 4.78 is 0. The molecule has 19 heavy (non-hydrogen) atoms. The summed E-state index contributed by atoms with van der Waals surface area (Å²) in [5, 5.41) is 9.27. The number of anilines is 1. The lowest BCUT2D eigenvalue weighted by Gasteiger charge is -2.06. The van der Waals surface area contributed by atoms with Crippen molar-refractivity contribution >= 4 is 11.7 Å². The second kappa shape index (κ2) is 6.04. The van der Waals surface area contributed by atoms with Gasteiger partial charge in [0.25, 0.3) is 0 Å². The van der Waals surface area contributed by atoms with Crippen molar-refractivity contribution in [3.63, 3.8) is 0 Å². The van der Waals surface area contributed by atoms with Gasteiger partial charge in [-0.2, -0.15) is 5.10 Å². The first-order chi connectivity index (χ1) is 9.16. The molecule has 1 aromatic carbocycles. The molecule has 0 atom stereocenters. The van der Waals surface area contributed by atoms with E-state index in [0.29, 0.717) is 18.8 Å². The van der Waals surface area contributed by atoms with E-state index in [2.05, 4.69) is 34.6 Å². The summed E-state index contributed by atoms with van der Waals surface area (Å²) in [5.41, 5.74) is 8.88. The molecule has 5 nitrogen and oxygen atoms in total. The number of hydrogen-bond acceptors (Lipinski definition) is 3. The normalized spacial score (nSPS) is 10.4. The number of nitrogens with one attached hydrogen (secondary N) is 2. The summed E-state index contributed by atoms with van der Waals surface area (Å²) in [5.74, 6) is 0.517. The Labute approximate surface area is 112 Å². The van der Waals surface area contributed by atoms with Gasteiger partial charge in [-0.1, -0.05) is 24.3 Å². The van der Waals surface area contributed by atoms with E-state index in [9.17, 15) is 4.79 Å². The Morgan fingerprint density at radius 2 is 2.16 bits per heavy atom. The summed E-state index contributed by atoms with van der Waals surface area (Å²) >= 11 is 0. The highest BCUT2D eigenvalue weighted by atomic mass is 16.1. The van der Waals surface area contributed by atoms with E-state index >= 15 is 0 Å². The molecule has 0 aliphatic heterocycles. The number of nitrogens with two attached hydrogens (primary N) is 1. The fourth-order valence-electron chi connectivity index (χ4n) is 1.88. The minimum Gasteiger partial charge on any atom is -0.384 e. The maximum absolute atomic E-state index is 11.8. The van der Waals surface area contributed by atoms with Crippen LogP contribution in [0.2, 0.25) is 0 Å². The van der Waals surface area contributed by atoms with E-state index < -0.39 is 0 Å². The third-order valence-corrected chi connectivity index (χ3v) is 3.11. The highest BCUT2D eigenvalue weighted by Crippen LogP contribution is 2.10. The van der Waals surface area contributed by atoms with Crippen molar-refractivity contribution in [2.45, 2.75) is 26.3 Å². The van der Waals surface area contributed by atoms with Gasteiger partial charge in [0.1, 0.15) is 5.82 Å². The second-order valence-corrected chi connectivity index (χ2v) is 4.51. The van der Waals surface area contributed by atoms with E-state index in [1.54, 1.807) is 6.20 Å². The van der Waals surface area contributed by atoms with Gasteiger partial charge in [0.2, 0.25) is 5.91 Å². The van der Waals surface area contributed by atoms with Crippen molar-refractivity contribution in [3.05, 3.63) is 47.2 Å². The van der Waals surface area contributed by atoms with Gasteiger partial charge in [-0.15, -0.1) is 0 Å². The lowest BCUT2D eigenvalue weighted by atomic mass is 10.0. The molecule has 0 saturated heterocycles. The van der Waals surface area contributed by atoms with Crippen LogP contribution in [0.3, 0.4) is 0 Å². The molecule has 0 fully saturated rings. The summed E-state index contributed by atoms with van der Waals surface area (Å²) in [6, 6.07) is 8.10. The molecule has 1 heterocycles. The Hall–Kier alpha value is -2.30. The van der Waals surface area contributed by atoms with Crippen LogP contribution in [-0.2, 0) is 17.8 Å². The molecule has 1 amide bonds. The van der Waals surface area contributed by atoms with E-state index in [-0.39, 0.29) is 5.91 Å². The van der Waals surface area contributed by atoms with Gasteiger partial charge >= 0.3 is 0 Å². The lowest BCUT2D eigenvalue weighted by molar-refractivity contribution is -0.121. The first-order valence-electron chi connectivity index (χ1n) is 6.25. The molecule has 0 aliphatic carbocycles. The number of aromatic amines is 1. The van der Waals surface area contributed by atoms with E-state index in [1.165, 1.54) is 11.1 Å². The number of carbonyl (C=O) groups is 1. The Bertz CT molecular complexity index is 562. The Balaban J connectivity index is 1.79. The maximum atomic E-state index is 11.8. The zero-order valence-electron chi connectivity index (χ0n) is 10.9. The number of benzene rings is 1.